The fourth-order valence-electron chi connectivity index (χ4n) is 3.95. The third kappa shape index (κ3) is 6.80. The van der Waals surface area contributed by atoms with E-state index in [1.807, 2.05) is 44.2 Å². The molecule has 3 rings (SSSR count). The highest BCUT2D eigenvalue weighted by atomic mass is 32.2. The number of sulfonamides is 1. The van der Waals surface area contributed by atoms with E-state index in [-0.39, 0.29) is 34.9 Å². The maximum Gasteiger partial charge on any atom is 0.243 e. The van der Waals surface area contributed by atoms with Crippen LogP contribution in [0.4, 0.5) is 5.69 Å². The average Bonchev–Trinajstić information content (AvgIpc) is 2.80. The van der Waals surface area contributed by atoms with Gasteiger partial charge < -0.3 is 15.4 Å². The van der Waals surface area contributed by atoms with E-state index >= 15 is 0 Å². The molecule has 1 fully saturated rings. The Kier molecular flexibility index (Phi) is 8.68. The van der Waals surface area contributed by atoms with E-state index in [2.05, 4.69) is 10.6 Å². The Morgan fingerprint density at radius 2 is 1.71 bits per heavy atom. The number of anilines is 1. The van der Waals surface area contributed by atoms with Gasteiger partial charge in [-0.25, -0.2) is 8.42 Å². The second-order valence-corrected chi connectivity index (χ2v) is 10.6. The molecule has 9 heteroatoms. The lowest BCUT2D eigenvalue weighted by molar-refractivity contribution is -0.120. The van der Waals surface area contributed by atoms with Gasteiger partial charge in [-0.15, -0.1) is 0 Å². The summed E-state index contributed by atoms with van der Waals surface area (Å²) in [6.07, 6.45) is 2.50. The van der Waals surface area contributed by atoms with Gasteiger partial charge in [0.2, 0.25) is 21.8 Å². The van der Waals surface area contributed by atoms with Crippen molar-refractivity contribution in [2.24, 2.45) is 0 Å². The summed E-state index contributed by atoms with van der Waals surface area (Å²) < 4.78 is 33.6. The number of rotatable bonds is 9. The zero-order valence-electron chi connectivity index (χ0n) is 19.9. The molecule has 2 aromatic carbocycles. The summed E-state index contributed by atoms with van der Waals surface area (Å²) in [5.41, 5.74) is 1.08. The van der Waals surface area contributed by atoms with Crippen molar-refractivity contribution in [1.29, 1.82) is 0 Å². The number of benzene rings is 2. The topological polar surface area (TPSA) is 105 Å². The molecule has 0 spiro atoms. The van der Waals surface area contributed by atoms with E-state index in [0.717, 1.165) is 24.8 Å². The standard InChI is InChI=1S/C25H33N3O5S/c1-18(2)33-24-13-12-21(34(31,32)28-14-8-5-9-15-28)16-23(24)27-25(30)17-22(26-19(3)29)20-10-6-4-7-11-20/h4,6-7,10-13,16,18,22H,5,8-9,14-15,17H2,1-3H3,(H,26,29)(H,27,30)/t22-/m0/s1. The van der Waals surface area contributed by atoms with Crippen molar-refractivity contribution >= 4 is 27.5 Å². The van der Waals surface area contributed by atoms with Crippen molar-refractivity contribution in [1.82, 2.24) is 9.62 Å². The molecular weight excluding hydrogens is 454 g/mol. The normalized spacial score (nSPS) is 15.5. The lowest BCUT2D eigenvalue weighted by Gasteiger charge is -2.26. The van der Waals surface area contributed by atoms with Gasteiger partial charge in [-0.2, -0.15) is 4.31 Å². The molecule has 0 bridgehead atoms. The molecule has 2 aromatic rings. The van der Waals surface area contributed by atoms with E-state index in [9.17, 15) is 18.0 Å². The van der Waals surface area contributed by atoms with Crippen LogP contribution in [-0.4, -0.2) is 43.7 Å². The molecule has 8 nitrogen and oxygen atoms in total. The highest BCUT2D eigenvalue weighted by Crippen LogP contribution is 2.31. The van der Waals surface area contributed by atoms with Crippen LogP contribution in [0.2, 0.25) is 0 Å². The Hall–Kier alpha value is -2.91. The summed E-state index contributed by atoms with van der Waals surface area (Å²) in [7, 11) is -3.68. The first-order valence-corrected chi connectivity index (χ1v) is 13.0. The largest absolute Gasteiger partial charge is 0.489 e. The van der Waals surface area contributed by atoms with E-state index in [1.54, 1.807) is 6.07 Å². The fraction of sp³-hybridized carbons (Fsp3) is 0.440. The van der Waals surface area contributed by atoms with Gasteiger partial charge in [0, 0.05) is 20.0 Å². The van der Waals surface area contributed by atoms with Crippen LogP contribution in [0.3, 0.4) is 0 Å². The summed E-state index contributed by atoms with van der Waals surface area (Å²) >= 11 is 0. The molecule has 1 atom stereocenters. The van der Waals surface area contributed by atoms with Crippen molar-refractivity contribution in [2.75, 3.05) is 18.4 Å². The van der Waals surface area contributed by atoms with Crippen molar-refractivity contribution in [3.63, 3.8) is 0 Å². The number of hydrogen-bond donors (Lipinski definition) is 2. The number of carbonyl (C=O) groups excluding carboxylic acids is 2. The molecule has 34 heavy (non-hydrogen) atoms. The summed E-state index contributed by atoms with van der Waals surface area (Å²) in [6.45, 7) is 6.09. The Labute approximate surface area is 201 Å². The first-order valence-electron chi connectivity index (χ1n) is 11.6. The highest BCUT2D eigenvalue weighted by molar-refractivity contribution is 7.89. The number of ether oxygens (including phenoxy) is 1. The summed E-state index contributed by atoms with van der Waals surface area (Å²) in [6, 6.07) is 13.2. The second kappa shape index (κ2) is 11.5. The molecule has 184 valence electrons. The number of piperidine rings is 1. The van der Waals surface area contributed by atoms with Gasteiger partial charge in [-0.3, -0.25) is 9.59 Å². The van der Waals surface area contributed by atoms with Gasteiger partial charge in [0.1, 0.15) is 5.75 Å². The number of carbonyl (C=O) groups is 2. The fourth-order valence-corrected chi connectivity index (χ4v) is 5.49. The van der Waals surface area contributed by atoms with Gasteiger partial charge >= 0.3 is 0 Å². The average molecular weight is 488 g/mol. The van der Waals surface area contributed by atoms with Gasteiger partial charge in [0.25, 0.3) is 0 Å². The third-order valence-corrected chi connectivity index (χ3v) is 7.40. The Morgan fingerprint density at radius 3 is 2.32 bits per heavy atom. The highest BCUT2D eigenvalue weighted by Gasteiger charge is 2.27. The van der Waals surface area contributed by atoms with Crippen LogP contribution in [0, 0.1) is 0 Å². The van der Waals surface area contributed by atoms with Gasteiger partial charge in [0.05, 0.1) is 29.1 Å². The Bertz CT molecular complexity index is 1100. The number of nitrogens with one attached hydrogen (secondary N) is 2. The molecule has 0 aliphatic carbocycles. The number of hydrogen-bond acceptors (Lipinski definition) is 5. The van der Waals surface area contributed by atoms with Gasteiger partial charge in [0.15, 0.2) is 0 Å². The minimum absolute atomic E-state index is 0.0200. The minimum Gasteiger partial charge on any atom is -0.489 e. The van der Waals surface area contributed by atoms with Crippen molar-refractivity contribution in [3.8, 4) is 5.75 Å². The number of amides is 2. The second-order valence-electron chi connectivity index (χ2n) is 8.71. The zero-order chi connectivity index (χ0) is 24.7. The van der Waals surface area contributed by atoms with Crippen molar-refractivity contribution < 1.29 is 22.7 Å². The maximum absolute atomic E-state index is 13.2. The SMILES string of the molecule is CC(=O)N[C@@H](CC(=O)Nc1cc(S(=O)(=O)N2CCCCC2)ccc1OC(C)C)c1ccccc1. The summed E-state index contributed by atoms with van der Waals surface area (Å²) in [5.74, 6) is -0.236. The Balaban J connectivity index is 1.86. The summed E-state index contributed by atoms with van der Waals surface area (Å²) in [4.78, 5) is 24.8. The molecule has 0 radical (unpaired) electrons. The quantitative estimate of drug-likeness (QED) is 0.559. The lowest BCUT2D eigenvalue weighted by Crippen LogP contribution is -2.35. The predicted molar refractivity (Wildman–Crippen MR) is 131 cm³/mol. The minimum atomic E-state index is -3.68. The van der Waals surface area contributed by atoms with Gasteiger partial charge in [-0.1, -0.05) is 36.8 Å². The molecule has 0 unspecified atom stereocenters. The van der Waals surface area contributed by atoms with Crippen LogP contribution in [0.5, 0.6) is 5.75 Å². The van der Waals surface area contributed by atoms with Crippen LogP contribution in [0.15, 0.2) is 53.4 Å². The molecule has 1 aliphatic rings. The van der Waals surface area contributed by atoms with E-state index in [1.165, 1.54) is 23.4 Å². The zero-order valence-corrected chi connectivity index (χ0v) is 20.7. The van der Waals surface area contributed by atoms with Crippen molar-refractivity contribution in [3.05, 3.63) is 54.1 Å². The van der Waals surface area contributed by atoms with E-state index < -0.39 is 16.1 Å². The van der Waals surface area contributed by atoms with Crippen LogP contribution < -0.4 is 15.4 Å². The van der Waals surface area contributed by atoms with Crippen LogP contribution in [0.1, 0.15) is 58.1 Å². The van der Waals surface area contributed by atoms with Crippen LogP contribution in [0.25, 0.3) is 0 Å². The molecular formula is C25H33N3O5S. The van der Waals surface area contributed by atoms with Gasteiger partial charge in [-0.05, 0) is 50.5 Å². The van der Waals surface area contributed by atoms with Crippen molar-refractivity contribution in [2.45, 2.75) is 63.5 Å². The first-order chi connectivity index (χ1) is 16.2. The Morgan fingerprint density at radius 1 is 1.03 bits per heavy atom. The monoisotopic (exact) mass is 487 g/mol. The third-order valence-electron chi connectivity index (χ3n) is 5.51. The summed E-state index contributed by atoms with van der Waals surface area (Å²) in [5, 5.41) is 5.61. The molecule has 0 saturated carbocycles. The molecule has 2 N–H and O–H groups in total. The number of nitrogens with zero attached hydrogens (tertiary/aromatic N) is 1. The first kappa shape index (κ1) is 25.7. The van der Waals surface area contributed by atoms with Crippen LogP contribution in [-0.2, 0) is 19.6 Å². The lowest BCUT2D eigenvalue weighted by atomic mass is 10.0. The smallest absolute Gasteiger partial charge is 0.243 e. The molecule has 1 heterocycles. The maximum atomic E-state index is 13.2. The van der Waals surface area contributed by atoms with E-state index in [0.29, 0.717) is 18.8 Å². The van der Waals surface area contributed by atoms with E-state index in [4.69, 9.17) is 4.74 Å². The molecule has 2 amide bonds. The molecule has 1 aliphatic heterocycles. The van der Waals surface area contributed by atoms with Crippen LogP contribution >= 0.6 is 0 Å². The molecule has 0 aromatic heterocycles. The molecule has 1 saturated heterocycles. The predicted octanol–water partition coefficient (Wildman–Crippen LogP) is 3.85.